The van der Waals surface area contributed by atoms with Crippen LogP contribution in [0, 0.1) is 0 Å². The van der Waals surface area contributed by atoms with Gasteiger partial charge in [-0.1, -0.05) is 13.8 Å². The van der Waals surface area contributed by atoms with Crippen LogP contribution in [0.25, 0.3) is 0 Å². The first-order valence-electron chi connectivity index (χ1n) is 5.30. The molecule has 0 amide bonds. The number of nitrogens with zero attached hydrogens (tertiary/aromatic N) is 2. The molecule has 1 N–H and O–H groups in total. The van der Waals surface area contributed by atoms with Crippen LogP contribution in [-0.4, -0.2) is 29.6 Å². The highest BCUT2D eigenvalue weighted by molar-refractivity contribution is 5.74. The fraction of sp³-hybridized carbons (Fsp3) is 0.545. The molecule has 0 fully saturated rings. The molecule has 0 spiro atoms. The zero-order valence-electron chi connectivity index (χ0n) is 9.86. The number of aromatic nitrogens is 2. The maximum Gasteiger partial charge on any atom is 0.325 e. The van der Waals surface area contributed by atoms with E-state index in [0.29, 0.717) is 11.7 Å². The molecular weight excluding hydrogens is 206 g/mol. The van der Waals surface area contributed by atoms with Crippen LogP contribution in [0.2, 0.25) is 0 Å². The third kappa shape index (κ3) is 3.49. The number of rotatable bonds is 5. The van der Waals surface area contributed by atoms with Gasteiger partial charge in [-0.3, -0.25) is 4.79 Å². The fourth-order valence-corrected chi connectivity index (χ4v) is 1.18. The van der Waals surface area contributed by atoms with E-state index < -0.39 is 0 Å². The first-order chi connectivity index (χ1) is 7.67. The molecule has 5 heteroatoms. The van der Waals surface area contributed by atoms with Crippen molar-refractivity contribution in [3.05, 3.63) is 18.1 Å². The van der Waals surface area contributed by atoms with Crippen LogP contribution in [0.3, 0.4) is 0 Å². The van der Waals surface area contributed by atoms with Gasteiger partial charge in [-0.25, -0.2) is 9.97 Å². The van der Waals surface area contributed by atoms with Gasteiger partial charge in [0.1, 0.15) is 18.7 Å². The smallest absolute Gasteiger partial charge is 0.325 e. The molecule has 1 atom stereocenters. The Balaban J connectivity index is 2.64. The lowest BCUT2D eigenvalue weighted by Gasteiger charge is -2.09. The molecule has 0 saturated carbocycles. The van der Waals surface area contributed by atoms with Crippen molar-refractivity contribution in [2.45, 2.75) is 26.2 Å². The Morgan fingerprint density at radius 3 is 2.94 bits per heavy atom. The Bertz CT molecular complexity index is 355. The van der Waals surface area contributed by atoms with E-state index in [1.54, 1.807) is 0 Å². The minimum Gasteiger partial charge on any atom is -0.468 e. The second-order valence-electron chi connectivity index (χ2n) is 3.57. The van der Waals surface area contributed by atoms with E-state index in [1.807, 2.05) is 6.07 Å². The Morgan fingerprint density at radius 2 is 2.31 bits per heavy atom. The topological polar surface area (TPSA) is 64.1 Å². The van der Waals surface area contributed by atoms with Gasteiger partial charge < -0.3 is 10.1 Å². The monoisotopic (exact) mass is 223 g/mol. The average Bonchev–Trinajstić information content (AvgIpc) is 2.35. The summed E-state index contributed by atoms with van der Waals surface area (Å²) >= 11 is 0. The highest BCUT2D eigenvalue weighted by Gasteiger charge is 2.06. The third-order valence-electron chi connectivity index (χ3n) is 2.45. The molecule has 88 valence electrons. The van der Waals surface area contributed by atoms with Crippen LogP contribution in [0.15, 0.2) is 12.4 Å². The van der Waals surface area contributed by atoms with Gasteiger partial charge in [0, 0.05) is 11.8 Å². The number of esters is 1. The number of carbonyl (C=O) groups is 1. The van der Waals surface area contributed by atoms with Crippen LogP contribution in [-0.2, 0) is 9.53 Å². The van der Waals surface area contributed by atoms with Crippen molar-refractivity contribution in [2.75, 3.05) is 19.0 Å². The molecule has 0 saturated heterocycles. The summed E-state index contributed by atoms with van der Waals surface area (Å²) in [6.45, 7) is 4.33. The van der Waals surface area contributed by atoms with E-state index >= 15 is 0 Å². The van der Waals surface area contributed by atoms with Gasteiger partial charge in [0.15, 0.2) is 0 Å². The minimum atomic E-state index is -0.316. The van der Waals surface area contributed by atoms with Crippen LogP contribution < -0.4 is 5.32 Å². The molecule has 0 bridgehead atoms. The van der Waals surface area contributed by atoms with Crippen molar-refractivity contribution in [1.29, 1.82) is 0 Å². The number of hydrogen-bond acceptors (Lipinski definition) is 5. The molecule has 16 heavy (non-hydrogen) atoms. The minimum absolute atomic E-state index is 0.119. The predicted octanol–water partition coefficient (Wildman–Crippen LogP) is 1.57. The quantitative estimate of drug-likeness (QED) is 0.768. The van der Waals surface area contributed by atoms with Crippen LogP contribution in [0.4, 0.5) is 5.82 Å². The Labute approximate surface area is 95.3 Å². The molecular formula is C11H17N3O2. The molecule has 1 unspecified atom stereocenters. The van der Waals surface area contributed by atoms with Gasteiger partial charge in [-0.05, 0) is 12.3 Å². The van der Waals surface area contributed by atoms with Gasteiger partial charge in [0.05, 0.1) is 7.11 Å². The van der Waals surface area contributed by atoms with Crippen molar-refractivity contribution in [3.8, 4) is 0 Å². The molecule has 0 aliphatic heterocycles. The van der Waals surface area contributed by atoms with E-state index in [0.717, 1.165) is 12.1 Å². The van der Waals surface area contributed by atoms with Crippen molar-refractivity contribution in [2.24, 2.45) is 0 Å². The number of nitrogens with one attached hydrogen (secondary N) is 1. The largest absolute Gasteiger partial charge is 0.468 e. The summed E-state index contributed by atoms with van der Waals surface area (Å²) in [5, 5.41) is 2.89. The number of carbonyl (C=O) groups excluding carboxylic acids is 1. The maximum absolute atomic E-state index is 10.9. The standard InChI is InChI=1S/C11H17N3O2/c1-4-8(2)9-5-10(14-7-13-9)12-6-11(15)16-3/h5,7-8H,4,6H2,1-3H3,(H,12,13,14). The van der Waals surface area contributed by atoms with Crippen molar-refractivity contribution >= 4 is 11.8 Å². The number of methoxy groups -OCH3 is 1. The summed E-state index contributed by atoms with van der Waals surface area (Å²) in [6, 6.07) is 1.86. The van der Waals surface area contributed by atoms with Gasteiger partial charge >= 0.3 is 5.97 Å². The Morgan fingerprint density at radius 1 is 1.56 bits per heavy atom. The van der Waals surface area contributed by atoms with Crippen LogP contribution >= 0.6 is 0 Å². The highest BCUT2D eigenvalue weighted by Crippen LogP contribution is 2.17. The van der Waals surface area contributed by atoms with E-state index in [-0.39, 0.29) is 12.5 Å². The number of anilines is 1. The molecule has 1 aromatic heterocycles. The summed E-state index contributed by atoms with van der Waals surface area (Å²) in [5.74, 6) is 0.723. The van der Waals surface area contributed by atoms with Crippen LogP contribution in [0.1, 0.15) is 31.9 Å². The van der Waals surface area contributed by atoms with Crippen molar-refractivity contribution in [3.63, 3.8) is 0 Å². The molecule has 5 nitrogen and oxygen atoms in total. The first kappa shape index (κ1) is 12.4. The normalized spacial score (nSPS) is 11.9. The van der Waals surface area contributed by atoms with Gasteiger partial charge in [-0.2, -0.15) is 0 Å². The molecule has 1 rings (SSSR count). The lowest BCUT2D eigenvalue weighted by Crippen LogP contribution is -2.16. The van der Waals surface area contributed by atoms with E-state index in [2.05, 4.69) is 33.9 Å². The maximum atomic E-state index is 10.9. The van der Waals surface area contributed by atoms with Crippen LogP contribution in [0.5, 0.6) is 0 Å². The summed E-state index contributed by atoms with van der Waals surface area (Å²) < 4.78 is 4.53. The number of hydrogen-bond donors (Lipinski definition) is 1. The van der Waals surface area contributed by atoms with Gasteiger partial charge in [-0.15, -0.1) is 0 Å². The van der Waals surface area contributed by atoms with E-state index in [4.69, 9.17) is 0 Å². The molecule has 0 aromatic carbocycles. The zero-order chi connectivity index (χ0) is 12.0. The van der Waals surface area contributed by atoms with Gasteiger partial charge in [0.2, 0.25) is 0 Å². The molecule has 1 aromatic rings. The number of ether oxygens (including phenoxy) is 1. The lowest BCUT2D eigenvalue weighted by molar-refractivity contribution is -0.138. The summed E-state index contributed by atoms with van der Waals surface area (Å²) in [4.78, 5) is 19.2. The van der Waals surface area contributed by atoms with E-state index in [1.165, 1.54) is 13.4 Å². The Hall–Kier alpha value is -1.65. The summed E-state index contributed by atoms with van der Waals surface area (Å²) in [7, 11) is 1.36. The van der Waals surface area contributed by atoms with Crippen molar-refractivity contribution < 1.29 is 9.53 Å². The SMILES string of the molecule is CCC(C)c1cc(NCC(=O)OC)ncn1. The Kier molecular flexibility index (Phi) is 4.69. The average molecular weight is 223 g/mol. The summed E-state index contributed by atoms with van der Waals surface area (Å²) in [5.41, 5.74) is 0.977. The van der Waals surface area contributed by atoms with Gasteiger partial charge in [0.25, 0.3) is 0 Å². The summed E-state index contributed by atoms with van der Waals surface area (Å²) in [6.07, 6.45) is 2.52. The van der Waals surface area contributed by atoms with Crippen molar-refractivity contribution in [1.82, 2.24) is 9.97 Å². The molecule has 0 radical (unpaired) electrons. The molecule has 1 heterocycles. The zero-order valence-corrected chi connectivity index (χ0v) is 9.86. The lowest BCUT2D eigenvalue weighted by atomic mass is 10.1. The van der Waals surface area contributed by atoms with E-state index in [9.17, 15) is 4.79 Å². The predicted molar refractivity (Wildman–Crippen MR) is 61.2 cm³/mol. The highest BCUT2D eigenvalue weighted by atomic mass is 16.5. The second-order valence-corrected chi connectivity index (χ2v) is 3.57. The second kappa shape index (κ2) is 6.05. The third-order valence-corrected chi connectivity index (χ3v) is 2.45. The molecule has 0 aliphatic carbocycles. The first-order valence-corrected chi connectivity index (χ1v) is 5.30. The fourth-order valence-electron chi connectivity index (χ4n) is 1.18. The molecule has 0 aliphatic rings.